The Hall–Kier alpha value is -2.16. The van der Waals surface area contributed by atoms with Crippen molar-refractivity contribution in [3.63, 3.8) is 0 Å². The van der Waals surface area contributed by atoms with Crippen LogP contribution in [-0.4, -0.2) is 10.9 Å². The lowest BCUT2D eigenvalue weighted by molar-refractivity contribution is 0.103. The second-order valence-electron chi connectivity index (χ2n) is 3.33. The lowest BCUT2D eigenvalue weighted by Gasteiger charge is -2.04. The van der Waals surface area contributed by atoms with Gasteiger partial charge in [-0.1, -0.05) is 36.4 Å². The Labute approximate surface area is 92.0 Å². The van der Waals surface area contributed by atoms with Crippen LogP contribution in [0.5, 0.6) is 5.75 Å². The Bertz CT molecular complexity index is 500. The molecule has 0 heterocycles. The molecular weight excluding hydrogens is 207 g/mol. The molecule has 2 aromatic rings. The molecule has 0 saturated heterocycles. The van der Waals surface area contributed by atoms with E-state index in [-0.39, 0.29) is 11.3 Å². The summed E-state index contributed by atoms with van der Waals surface area (Å²) in [6.45, 7) is 0. The van der Waals surface area contributed by atoms with Gasteiger partial charge in [-0.3, -0.25) is 4.79 Å². The Morgan fingerprint density at radius 1 is 1.00 bits per heavy atom. The topological polar surface area (TPSA) is 37.3 Å². The zero-order chi connectivity index (χ0) is 11.5. The Kier molecular flexibility index (Phi) is 2.68. The number of carbonyl (C=O) groups is 1. The molecule has 0 radical (unpaired) electrons. The van der Waals surface area contributed by atoms with E-state index in [4.69, 9.17) is 0 Å². The number of hydrogen-bond donors (Lipinski definition) is 1. The van der Waals surface area contributed by atoms with E-state index in [0.29, 0.717) is 5.56 Å². The van der Waals surface area contributed by atoms with Gasteiger partial charge >= 0.3 is 0 Å². The lowest BCUT2D eigenvalue weighted by Crippen LogP contribution is -2.04. The van der Waals surface area contributed by atoms with Crippen LogP contribution in [0.1, 0.15) is 15.9 Å². The molecule has 0 amide bonds. The molecule has 0 bridgehead atoms. The van der Waals surface area contributed by atoms with Gasteiger partial charge in [-0.2, -0.15) is 0 Å². The summed E-state index contributed by atoms with van der Waals surface area (Å²) in [6.07, 6.45) is 0. The quantitative estimate of drug-likeness (QED) is 0.784. The minimum atomic E-state index is -0.714. The van der Waals surface area contributed by atoms with E-state index >= 15 is 0 Å². The van der Waals surface area contributed by atoms with E-state index in [0.717, 1.165) is 6.07 Å². The second-order valence-corrected chi connectivity index (χ2v) is 3.33. The number of phenols is 1. The number of aromatic hydroxyl groups is 1. The maximum atomic E-state index is 13.4. The van der Waals surface area contributed by atoms with E-state index in [1.165, 1.54) is 12.1 Å². The zero-order valence-electron chi connectivity index (χ0n) is 8.35. The van der Waals surface area contributed by atoms with Crippen molar-refractivity contribution >= 4 is 5.78 Å². The third-order valence-electron chi connectivity index (χ3n) is 2.25. The number of phenolic OH excluding ortho intramolecular Hbond substituents is 1. The molecule has 2 rings (SSSR count). The third-order valence-corrected chi connectivity index (χ3v) is 2.25. The minimum absolute atomic E-state index is 0.284. The predicted molar refractivity (Wildman–Crippen MR) is 57.9 cm³/mol. The lowest BCUT2D eigenvalue weighted by atomic mass is 10.0. The average Bonchev–Trinajstić information content (AvgIpc) is 2.30. The van der Waals surface area contributed by atoms with Crippen LogP contribution in [0.2, 0.25) is 0 Å². The van der Waals surface area contributed by atoms with Crippen LogP contribution in [-0.2, 0) is 0 Å². The van der Waals surface area contributed by atoms with Crippen LogP contribution in [0.4, 0.5) is 4.39 Å². The van der Waals surface area contributed by atoms with Crippen molar-refractivity contribution in [2.45, 2.75) is 0 Å². The normalized spacial score (nSPS) is 10.1. The second kappa shape index (κ2) is 4.14. The van der Waals surface area contributed by atoms with Gasteiger partial charge in [0.05, 0.1) is 5.56 Å². The van der Waals surface area contributed by atoms with E-state index in [1.807, 2.05) is 0 Å². The molecule has 0 atom stereocenters. The molecule has 0 aliphatic carbocycles. The summed E-state index contributed by atoms with van der Waals surface area (Å²) in [5.41, 5.74) is 0.0663. The van der Waals surface area contributed by atoms with E-state index in [1.54, 1.807) is 30.3 Å². The first-order valence-electron chi connectivity index (χ1n) is 4.77. The van der Waals surface area contributed by atoms with Crippen LogP contribution >= 0.6 is 0 Å². The van der Waals surface area contributed by atoms with Gasteiger partial charge in [-0.25, -0.2) is 4.39 Å². The monoisotopic (exact) mass is 216 g/mol. The number of ketones is 1. The fourth-order valence-corrected chi connectivity index (χ4v) is 1.47. The van der Waals surface area contributed by atoms with Crippen molar-refractivity contribution in [2.75, 3.05) is 0 Å². The molecule has 0 unspecified atom stereocenters. The highest BCUT2D eigenvalue weighted by Crippen LogP contribution is 2.22. The first-order chi connectivity index (χ1) is 7.70. The molecule has 80 valence electrons. The van der Waals surface area contributed by atoms with Gasteiger partial charge < -0.3 is 5.11 Å². The molecule has 0 saturated carbocycles. The van der Waals surface area contributed by atoms with Crippen molar-refractivity contribution in [1.82, 2.24) is 0 Å². The van der Waals surface area contributed by atoms with Crippen molar-refractivity contribution in [1.29, 1.82) is 0 Å². The first kappa shape index (κ1) is 10.4. The summed E-state index contributed by atoms with van der Waals surface area (Å²) < 4.78 is 13.4. The van der Waals surface area contributed by atoms with Gasteiger partial charge in [0.25, 0.3) is 0 Å². The van der Waals surface area contributed by atoms with E-state index in [9.17, 15) is 14.3 Å². The molecule has 16 heavy (non-hydrogen) atoms. The third kappa shape index (κ3) is 1.80. The Morgan fingerprint density at radius 2 is 1.69 bits per heavy atom. The summed E-state index contributed by atoms with van der Waals surface area (Å²) in [6, 6.07) is 12.1. The minimum Gasteiger partial charge on any atom is -0.507 e. The van der Waals surface area contributed by atoms with E-state index < -0.39 is 11.6 Å². The Balaban J connectivity index is 2.50. The molecule has 0 aliphatic heterocycles. The number of rotatable bonds is 2. The summed E-state index contributed by atoms with van der Waals surface area (Å²) in [7, 11) is 0. The van der Waals surface area contributed by atoms with Gasteiger partial charge in [0, 0.05) is 5.56 Å². The van der Waals surface area contributed by atoms with Gasteiger partial charge in [-0.05, 0) is 12.1 Å². The Morgan fingerprint density at radius 3 is 2.31 bits per heavy atom. The zero-order valence-corrected chi connectivity index (χ0v) is 8.35. The SMILES string of the molecule is O=C(c1ccccc1)c1c(O)cccc1F. The van der Waals surface area contributed by atoms with Crippen LogP contribution in [0.3, 0.4) is 0 Å². The van der Waals surface area contributed by atoms with Crippen molar-refractivity contribution in [3.8, 4) is 5.75 Å². The molecular formula is C13H9FO2. The van der Waals surface area contributed by atoms with Gasteiger partial charge in [0.15, 0.2) is 5.78 Å². The largest absolute Gasteiger partial charge is 0.507 e. The average molecular weight is 216 g/mol. The molecule has 2 nitrogen and oxygen atoms in total. The fraction of sp³-hybridized carbons (Fsp3) is 0. The fourth-order valence-electron chi connectivity index (χ4n) is 1.47. The molecule has 0 aliphatic rings. The highest BCUT2D eigenvalue weighted by atomic mass is 19.1. The molecule has 2 aromatic carbocycles. The van der Waals surface area contributed by atoms with Crippen molar-refractivity contribution in [3.05, 3.63) is 65.5 Å². The van der Waals surface area contributed by atoms with Gasteiger partial charge in [0.2, 0.25) is 0 Å². The van der Waals surface area contributed by atoms with Crippen molar-refractivity contribution < 1.29 is 14.3 Å². The van der Waals surface area contributed by atoms with E-state index in [2.05, 4.69) is 0 Å². The molecule has 1 N–H and O–H groups in total. The molecule has 0 spiro atoms. The smallest absolute Gasteiger partial charge is 0.199 e. The number of hydrogen-bond acceptors (Lipinski definition) is 2. The number of carbonyl (C=O) groups excluding carboxylic acids is 1. The summed E-state index contributed by atoms with van der Waals surface area (Å²) in [5.74, 6) is -1.57. The number of benzene rings is 2. The maximum Gasteiger partial charge on any atom is 0.199 e. The molecule has 0 fully saturated rings. The predicted octanol–water partition coefficient (Wildman–Crippen LogP) is 2.76. The maximum absolute atomic E-state index is 13.4. The van der Waals surface area contributed by atoms with Crippen LogP contribution in [0.15, 0.2) is 48.5 Å². The van der Waals surface area contributed by atoms with Gasteiger partial charge in [0.1, 0.15) is 11.6 Å². The van der Waals surface area contributed by atoms with Crippen LogP contribution in [0.25, 0.3) is 0 Å². The van der Waals surface area contributed by atoms with Crippen LogP contribution in [0, 0.1) is 5.82 Å². The summed E-state index contributed by atoms with van der Waals surface area (Å²) in [4.78, 5) is 11.9. The summed E-state index contributed by atoms with van der Waals surface area (Å²) >= 11 is 0. The summed E-state index contributed by atoms with van der Waals surface area (Å²) in [5, 5.41) is 9.46. The van der Waals surface area contributed by atoms with Crippen molar-refractivity contribution in [2.24, 2.45) is 0 Å². The number of halogens is 1. The van der Waals surface area contributed by atoms with Gasteiger partial charge in [-0.15, -0.1) is 0 Å². The molecule has 3 heteroatoms. The standard InChI is InChI=1S/C13H9FO2/c14-10-7-4-8-11(15)12(10)13(16)9-5-2-1-3-6-9/h1-8,15H. The molecule has 0 aromatic heterocycles. The van der Waals surface area contributed by atoms with Crippen LogP contribution < -0.4 is 0 Å². The first-order valence-corrected chi connectivity index (χ1v) is 4.77. The highest BCUT2D eigenvalue weighted by molar-refractivity contribution is 6.10. The highest BCUT2D eigenvalue weighted by Gasteiger charge is 2.17.